The zero-order valence-corrected chi connectivity index (χ0v) is 12.7. The average Bonchev–Trinajstić information content (AvgIpc) is 3.03. The molecule has 0 spiro atoms. The van der Waals surface area contributed by atoms with Gasteiger partial charge in [0.05, 0.1) is 18.6 Å². The van der Waals surface area contributed by atoms with Gasteiger partial charge in [-0.2, -0.15) is 18.3 Å². The Balaban J connectivity index is 2.36. The second kappa shape index (κ2) is 5.99. The second-order valence-electron chi connectivity index (χ2n) is 4.50. The van der Waals surface area contributed by atoms with Gasteiger partial charge in [0.15, 0.2) is 0 Å². The van der Waals surface area contributed by atoms with Crippen LogP contribution in [0.2, 0.25) is 0 Å². The summed E-state index contributed by atoms with van der Waals surface area (Å²) in [7, 11) is 1.21. The number of methoxy groups -OCH3 is 1. The van der Waals surface area contributed by atoms with Gasteiger partial charge in [0.25, 0.3) is 0 Å². The summed E-state index contributed by atoms with van der Waals surface area (Å²) in [5, 5.41) is 14.0. The summed E-state index contributed by atoms with van der Waals surface area (Å²) in [4.78, 5) is 22.0. The summed E-state index contributed by atoms with van der Waals surface area (Å²) in [6.45, 7) is 1.55. The Bertz CT molecular complexity index is 766. The van der Waals surface area contributed by atoms with Crippen molar-refractivity contribution < 1.29 is 27.6 Å². The van der Waals surface area contributed by atoms with Crippen molar-refractivity contribution in [3.05, 3.63) is 43.4 Å². The van der Waals surface area contributed by atoms with Crippen molar-refractivity contribution in [1.82, 2.24) is 9.78 Å². The van der Waals surface area contributed by atoms with E-state index in [1.165, 1.54) is 13.2 Å². The fourth-order valence-corrected chi connectivity index (χ4v) is 2.83. The summed E-state index contributed by atoms with van der Waals surface area (Å²) in [5.74, 6) is -0.563. The molecular weight excluding hydrogens is 339 g/mol. The Morgan fingerprint density at radius 1 is 1.52 bits per heavy atom. The van der Waals surface area contributed by atoms with Gasteiger partial charge in [0, 0.05) is 4.88 Å². The van der Waals surface area contributed by atoms with Gasteiger partial charge in [-0.3, -0.25) is 14.8 Å². The first-order valence-corrected chi connectivity index (χ1v) is 6.91. The highest BCUT2D eigenvalue weighted by Gasteiger charge is 2.42. The highest BCUT2D eigenvalue weighted by atomic mass is 32.1. The predicted octanol–water partition coefficient (Wildman–Crippen LogP) is 3.01. The molecule has 2 aromatic heterocycles. The number of hydrogen-bond acceptors (Lipinski definition) is 6. The van der Waals surface area contributed by atoms with Crippen LogP contribution in [0.4, 0.5) is 18.9 Å². The zero-order valence-electron chi connectivity index (χ0n) is 11.9. The maximum absolute atomic E-state index is 12.8. The number of rotatable bonds is 4. The van der Waals surface area contributed by atoms with E-state index in [4.69, 9.17) is 0 Å². The second-order valence-corrected chi connectivity index (χ2v) is 5.76. The number of halogens is 3. The molecule has 0 aliphatic heterocycles. The molecule has 0 saturated carbocycles. The quantitative estimate of drug-likeness (QED) is 0.481. The van der Waals surface area contributed by atoms with Gasteiger partial charge in [-0.15, -0.1) is 11.3 Å². The third-order valence-corrected chi connectivity index (χ3v) is 4.02. The number of hydrogen-bond donors (Lipinski definition) is 0. The molecule has 0 bridgehead atoms. The summed E-state index contributed by atoms with van der Waals surface area (Å²) < 4.78 is 43.7. The third-order valence-electron chi connectivity index (χ3n) is 2.95. The first-order chi connectivity index (χ1) is 10.6. The number of esters is 1. The van der Waals surface area contributed by atoms with Crippen LogP contribution in [0.3, 0.4) is 0 Å². The van der Waals surface area contributed by atoms with Crippen molar-refractivity contribution in [1.29, 1.82) is 0 Å². The van der Waals surface area contributed by atoms with Gasteiger partial charge in [0.2, 0.25) is 5.69 Å². The van der Waals surface area contributed by atoms with Crippen LogP contribution in [0.15, 0.2) is 12.3 Å². The number of nitrogens with zero attached hydrogens (tertiary/aromatic N) is 3. The first-order valence-electron chi connectivity index (χ1n) is 6.10. The Labute approximate surface area is 131 Å². The molecule has 0 fully saturated rings. The molecule has 23 heavy (non-hydrogen) atoms. The maximum Gasteiger partial charge on any atom is 0.442 e. The van der Waals surface area contributed by atoms with E-state index < -0.39 is 28.5 Å². The lowest BCUT2D eigenvalue weighted by Gasteiger charge is -2.02. The lowest BCUT2D eigenvalue weighted by molar-refractivity contribution is -0.388. The van der Waals surface area contributed by atoms with E-state index in [-0.39, 0.29) is 11.4 Å². The standard InChI is InChI=1S/C12H10F3N3O4S/c1-6-7(3-9(23-6)11(19)22-2)4-17-5-8(18(20)21)10(16-17)12(13,14)15/h3,5H,4H2,1-2H3. The van der Waals surface area contributed by atoms with E-state index in [9.17, 15) is 28.1 Å². The largest absolute Gasteiger partial charge is 0.465 e. The van der Waals surface area contributed by atoms with Gasteiger partial charge in [0.1, 0.15) is 11.1 Å². The third kappa shape index (κ3) is 3.50. The molecule has 0 unspecified atom stereocenters. The van der Waals surface area contributed by atoms with Gasteiger partial charge < -0.3 is 4.74 Å². The predicted molar refractivity (Wildman–Crippen MR) is 73.4 cm³/mol. The van der Waals surface area contributed by atoms with Crippen molar-refractivity contribution in [3.63, 3.8) is 0 Å². The van der Waals surface area contributed by atoms with Crippen molar-refractivity contribution in [2.75, 3.05) is 7.11 Å². The SMILES string of the molecule is COC(=O)c1cc(Cn2cc([N+](=O)[O-])c(C(F)(F)F)n2)c(C)s1. The van der Waals surface area contributed by atoms with Gasteiger partial charge >= 0.3 is 17.8 Å². The first kappa shape index (κ1) is 16.9. The van der Waals surface area contributed by atoms with Crippen LogP contribution in [-0.4, -0.2) is 27.8 Å². The van der Waals surface area contributed by atoms with Gasteiger partial charge in [-0.25, -0.2) is 4.79 Å². The van der Waals surface area contributed by atoms with E-state index in [1.807, 2.05) is 0 Å². The minimum atomic E-state index is -4.92. The van der Waals surface area contributed by atoms with Crippen LogP contribution in [0.1, 0.15) is 25.8 Å². The number of carbonyl (C=O) groups is 1. The highest BCUT2D eigenvalue weighted by Crippen LogP contribution is 2.35. The topological polar surface area (TPSA) is 87.3 Å². The molecule has 0 aliphatic carbocycles. The number of thiophene rings is 1. The minimum Gasteiger partial charge on any atom is -0.465 e. The molecule has 0 amide bonds. The lowest BCUT2D eigenvalue weighted by Crippen LogP contribution is -2.10. The fraction of sp³-hybridized carbons (Fsp3) is 0.333. The molecule has 2 rings (SSSR count). The van der Waals surface area contributed by atoms with E-state index in [1.54, 1.807) is 6.92 Å². The molecule has 0 saturated heterocycles. The summed E-state index contributed by atoms with van der Waals surface area (Å²) >= 11 is 1.12. The Hall–Kier alpha value is -2.43. The maximum atomic E-state index is 12.8. The van der Waals surface area contributed by atoms with Crippen LogP contribution in [-0.2, 0) is 17.5 Å². The lowest BCUT2D eigenvalue weighted by atomic mass is 10.2. The van der Waals surface area contributed by atoms with Gasteiger partial charge in [-0.1, -0.05) is 0 Å². The summed E-state index contributed by atoms with van der Waals surface area (Å²) in [6.07, 6.45) is -4.20. The molecule has 2 aromatic rings. The van der Waals surface area contributed by atoms with Crippen molar-refractivity contribution in [3.8, 4) is 0 Å². The molecule has 2 heterocycles. The fourth-order valence-electron chi connectivity index (χ4n) is 1.88. The number of aryl methyl sites for hydroxylation is 1. The molecule has 124 valence electrons. The molecule has 0 atom stereocenters. The molecule has 0 radical (unpaired) electrons. The molecular formula is C12H10F3N3O4S. The molecule has 11 heteroatoms. The van der Waals surface area contributed by atoms with E-state index in [0.717, 1.165) is 22.2 Å². The molecule has 0 N–H and O–H groups in total. The Morgan fingerprint density at radius 2 is 2.17 bits per heavy atom. The Morgan fingerprint density at radius 3 is 2.65 bits per heavy atom. The van der Waals surface area contributed by atoms with E-state index in [0.29, 0.717) is 10.4 Å². The van der Waals surface area contributed by atoms with Crippen LogP contribution >= 0.6 is 11.3 Å². The average molecular weight is 349 g/mol. The Kier molecular flexibility index (Phi) is 4.41. The van der Waals surface area contributed by atoms with Crippen molar-refractivity contribution in [2.24, 2.45) is 0 Å². The van der Waals surface area contributed by atoms with Crippen molar-refractivity contribution in [2.45, 2.75) is 19.6 Å². The van der Waals surface area contributed by atoms with E-state index in [2.05, 4.69) is 9.84 Å². The van der Waals surface area contributed by atoms with Gasteiger partial charge in [-0.05, 0) is 18.6 Å². The number of alkyl halides is 3. The van der Waals surface area contributed by atoms with Crippen LogP contribution in [0.25, 0.3) is 0 Å². The molecule has 0 aliphatic rings. The monoisotopic (exact) mass is 349 g/mol. The highest BCUT2D eigenvalue weighted by molar-refractivity contribution is 7.14. The number of aromatic nitrogens is 2. The van der Waals surface area contributed by atoms with Crippen LogP contribution in [0, 0.1) is 17.0 Å². The van der Waals surface area contributed by atoms with Crippen LogP contribution in [0.5, 0.6) is 0 Å². The molecule has 7 nitrogen and oxygen atoms in total. The van der Waals surface area contributed by atoms with Crippen LogP contribution < -0.4 is 0 Å². The molecule has 0 aromatic carbocycles. The minimum absolute atomic E-state index is 0.129. The normalized spacial score (nSPS) is 11.5. The van der Waals surface area contributed by atoms with E-state index >= 15 is 0 Å². The summed E-state index contributed by atoms with van der Waals surface area (Å²) in [5.41, 5.74) is -2.14. The van der Waals surface area contributed by atoms with Crippen molar-refractivity contribution >= 4 is 23.0 Å². The zero-order chi connectivity index (χ0) is 17.4. The summed E-state index contributed by atoms with van der Waals surface area (Å²) in [6, 6.07) is 1.46. The number of carbonyl (C=O) groups excluding carboxylic acids is 1. The number of ether oxygens (including phenoxy) is 1. The smallest absolute Gasteiger partial charge is 0.442 e. The number of nitro groups is 1.